The molecule has 2 aromatic carbocycles. The summed E-state index contributed by atoms with van der Waals surface area (Å²) in [5, 5.41) is 0. The number of nitrogens with two attached hydrogens (primary N) is 1. The van der Waals surface area contributed by atoms with Gasteiger partial charge in [0.25, 0.3) is 0 Å². The van der Waals surface area contributed by atoms with Crippen molar-refractivity contribution in [3.8, 4) is 16.9 Å². The Morgan fingerprint density at radius 2 is 1.83 bits per heavy atom. The van der Waals surface area contributed by atoms with Gasteiger partial charge in [0.15, 0.2) is 0 Å². The molecule has 0 radical (unpaired) electrons. The van der Waals surface area contributed by atoms with Crippen LogP contribution >= 0.6 is 0 Å². The maximum absolute atomic E-state index is 5.87. The Labute approximate surface area is 108 Å². The Hall–Kier alpha value is -1.96. The van der Waals surface area contributed by atoms with Crippen LogP contribution in [0.5, 0.6) is 5.75 Å². The first-order valence-electron chi connectivity index (χ1n) is 6.30. The highest BCUT2D eigenvalue weighted by atomic mass is 16.5. The molecule has 2 nitrogen and oxygen atoms in total. The van der Waals surface area contributed by atoms with E-state index in [4.69, 9.17) is 10.5 Å². The number of nitrogen functional groups attached to an aromatic ring is 1. The van der Waals surface area contributed by atoms with Gasteiger partial charge in [0.1, 0.15) is 5.75 Å². The van der Waals surface area contributed by atoms with Crippen LogP contribution < -0.4 is 10.5 Å². The van der Waals surface area contributed by atoms with Crippen LogP contribution in [0.25, 0.3) is 11.1 Å². The van der Waals surface area contributed by atoms with Crippen LogP contribution in [0.15, 0.2) is 42.5 Å². The van der Waals surface area contributed by atoms with Gasteiger partial charge in [0.2, 0.25) is 0 Å². The molecule has 0 aromatic heterocycles. The number of ether oxygens (including phenoxy) is 1. The van der Waals surface area contributed by atoms with Crippen LogP contribution in [0, 0.1) is 6.92 Å². The maximum atomic E-state index is 5.87. The van der Waals surface area contributed by atoms with Crippen LogP contribution in [0.4, 0.5) is 5.69 Å². The van der Waals surface area contributed by atoms with Crippen molar-refractivity contribution in [3.63, 3.8) is 0 Å². The summed E-state index contributed by atoms with van der Waals surface area (Å²) in [6.45, 7) is 4.93. The molecule has 0 amide bonds. The van der Waals surface area contributed by atoms with Gasteiger partial charge < -0.3 is 10.5 Å². The van der Waals surface area contributed by atoms with Crippen molar-refractivity contribution in [1.82, 2.24) is 0 Å². The van der Waals surface area contributed by atoms with Gasteiger partial charge in [0, 0.05) is 11.3 Å². The summed E-state index contributed by atoms with van der Waals surface area (Å²) in [6, 6.07) is 14.1. The molecule has 0 aliphatic carbocycles. The highest BCUT2D eigenvalue weighted by Crippen LogP contribution is 2.33. The van der Waals surface area contributed by atoms with Gasteiger partial charge in [-0.1, -0.05) is 31.2 Å². The molecule has 0 saturated carbocycles. The molecule has 0 bridgehead atoms. The SMILES string of the molecule is CCCOc1ccccc1-c1cc(N)ccc1C. The number of hydrogen-bond acceptors (Lipinski definition) is 2. The lowest BCUT2D eigenvalue weighted by Gasteiger charge is -2.13. The molecule has 2 heteroatoms. The molecular weight excluding hydrogens is 222 g/mol. The fraction of sp³-hybridized carbons (Fsp3) is 0.250. The largest absolute Gasteiger partial charge is 0.493 e. The first kappa shape index (κ1) is 12.5. The zero-order chi connectivity index (χ0) is 13.0. The van der Waals surface area contributed by atoms with Crippen molar-refractivity contribution >= 4 is 5.69 Å². The highest BCUT2D eigenvalue weighted by molar-refractivity contribution is 5.75. The molecule has 0 fully saturated rings. The van der Waals surface area contributed by atoms with E-state index >= 15 is 0 Å². The van der Waals surface area contributed by atoms with E-state index in [0.717, 1.165) is 35.6 Å². The van der Waals surface area contributed by atoms with E-state index in [1.807, 2.05) is 36.4 Å². The van der Waals surface area contributed by atoms with Gasteiger partial charge in [0.05, 0.1) is 6.61 Å². The molecule has 0 saturated heterocycles. The van der Waals surface area contributed by atoms with Gasteiger partial charge in [-0.3, -0.25) is 0 Å². The summed E-state index contributed by atoms with van der Waals surface area (Å²) in [7, 11) is 0. The second-order valence-corrected chi connectivity index (χ2v) is 4.42. The molecule has 94 valence electrons. The zero-order valence-corrected chi connectivity index (χ0v) is 10.9. The predicted octanol–water partition coefficient (Wildman–Crippen LogP) is 4.03. The first-order valence-corrected chi connectivity index (χ1v) is 6.30. The number of rotatable bonds is 4. The molecular formula is C16H19NO. The minimum atomic E-state index is 0.735. The zero-order valence-electron chi connectivity index (χ0n) is 10.9. The van der Waals surface area contributed by atoms with E-state index in [1.165, 1.54) is 5.56 Å². The van der Waals surface area contributed by atoms with Crippen molar-refractivity contribution in [2.75, 3.05) is 12.3 Å². The first-order chi connectivity index (χ1) is 8.72. The lowest BCUT2D eigenvalue weighted by Crippen LogP contribution is -1.97. The Balaban J connectivity index is 2.46. The Morgan fingerprint density at radius 1 is 1.06 bits per heavy atom. The second-order valence-electron chi connectivity index (χ2n) is 4.42. The van der Waals surface area contributed by atoms with Crippen LogP contribution in [0.1, 0.15) is 18.9 Å². The van der Waals surface area contributed by atoms with E-state index in [1.54, 1.807) is 0 Å². The van der Waals surface area contributed by atoms with Gasteiger partial charge >= 0.3 is 0 Å². The summed E-state index contributed by atoms with van der Waals surface area (Å²) >= 11 is 0. The highest BCUT2D eigenvalue weighted by Gasteiger charge is 2.08. The molecule has 2 N–H and O–H groups in total. The van der Waals surface area contributed by atoms with Crippen LogP contribution in [0.3, 0.4) is 0 Å². The number of anilines is 1. The third-order valence-corrected chi connectivity index (χ3v) is 2.90. The normalized spacial score (nSPS) is 10.3. The minimum absolute atomic E-state index is 0.735. The topological polar surface area (TPSA) is 35.2 Å². The number of hydrogen-bond donors (Lipinski definition) is 1. The fourth-order valence-corrected chi connectivity index (χ4v) is 1.96. The van der Waals surface area contributed by atoms with Gasteiger partial charge in [-0.15, -0.1) is 0 Å². The standard InChI is InChI=1S/C16H19NO/c1-3-10-18-16-7-5-4-6-14(16)15-11-13(17)9-8-12(15)2/h4-9,11H,3,10,17H2,1-2H3. The minimum Gasteiger partial charge on any atom is -0.493 e. The average Bonchev–Trinajstić information content (AvgIpc) is 2.39. The quantitative estimate of drug-likeness (QED) is 0.820. The van der Waals surface area contributed by atoms with Crippen molar-refractivity contribution in [3.05, 3.63) is 48.0 Å². The summed E-state index contributed by atoms with van der Waals surface area (Å²) in [5.41, 5.74) is 10.1. The smallest absolute Gasteiger partial charge is 0.127 e. The van der Waals surface area contributed by atoms with Crippen molar-refractivity contribution < 1.29 is 4.74 Å². The summed E-state index contributed by atoms with van der Waals surface area (Å²) in [6.07, 6.45) is 1.00. The number of benzene rings is 2. The summed E-state index contributed by atoms with van der Waals surface area (Å²) in [5.74, 6) is 0.924. The molecule has 18 heavy (non-hydrogen) atoms. The third-order valence-electron chi connectivity index (χ3n) is 2.90. The number of para-hydroxylation sites is 1. The molecule has 0 aliphatic rings. The Morgan fingerprint density at radius 3 is 2.61 bits per heavy atom. The van der Waals surface area contributed by atoms with Crippen LogP contribution in [-0.2, 0) is 0 Å². The van der Waals surface area contributed by atoms with Crippen LogP contribution in [0.2, 0.25) is 0 Å². The van der Waals surface area contributed by atoms with Gasteiger partial charge in [-0.25, -0.2) is 0 Å². The second kappa shape index (κ2) is 5.58. The average molecular weight is 241 g/mol. The summed E-state index contributed by atoms with van der Waals surface area (Å²) < 4.78 is 5.79. The summed E-state index contributed by atoms with van der Waals surface area (Å²) in [4.78, 5) is 0. The predicted molar refractivity (Wildman–Crippen MR) is 76.8 cm³/mol. The van der Waals surface area contributed by atoms with Crippen LogP contribution in [-0.4, -0.2) is 6.61 Å². The molecule has 2 aromatic rings. The van der Waals surface area contributed by atoms with E-state index in [9.17, 15) is 0 Å². The van der Waals surface area contributed by atoms with Crippen molar-refractivity contribution in [1.29, 1.82) is 0 Å². The maximum Gasteiger partial charge on any atom is 0.127 e. The molecule has 0 heterocycles. The fourth-order valence-electron chi connectivity index (χ4n) is 1.96. The van der Waals surface area contributed by atoms with Gasteiger partial charge in [-0.05, 0) is 42.7 Å². The molecule has 0 spiro atoms. The molecule has 0 unspecified atom stereocenters. The molecule has 0 aliphatic heterocycles. The van der Waals surface area contributed by atoms with E-state index in [0.29, 0.717) is 0 Å². The van der Waals surface area contributed by atoms with E-state index < -0.39 is 0 Å². The molecule has 0 atom stereocenters. The van der Waals surface area contributed by atoms with E-state index in [2.05, 4.69) is 19.9 Å². The lowest BCUT2D eigenvalue weighted by molar-refractivity contribution is 0.318. The third kappa shape index (κ3) is 2.65. The number of aryl methyl sites for hydroxylation is 1. The molecule has 2 rings (SSSR count). The van der Waals surface area contributed by atoms with Crippen molar-refractivity contribution in [2.24, 2.45) is 0 Å². The monoisotopic (exact) mass is 241 g/mol. The Bertz CT molecular complexity index is 534. The van der Waals surface area contributed by atoms with Crippen molar-refractivity contribution in [2.45, 2.75) is 20.3 Å². The lowest BCUT2D eigenvalue weighted by atomic mass is 9.99. The van der Waals surface area contributed by atoms with Gasteiger partial charge in [-0.2, -0.15) is 0 Å². The Kier molecular flexibility index (Phi) is 3.88. The van der Waals surface area contributed by atoms with E-state index in [-0.39, 0.29) is 0 Å².